The third-order valence-electron chi connectivity index (χ3n) is 4.46. The van der Waals surface area contributed by atoms with E-state index in [-0.39, 0.29) is 5.56 Å². The van der Waals surface area contributed by atoms with Crippen molar-refractivity contribution in [1.29, 1.82) is 0 Å². The van der Waals surface area contributed by atoms with Crippen LogP contribution in [0, 0.1) is 5.82 Å². The molecule has 0 fully saturated rings. The zero-order valence-electron chi connectivity index (χ0n) is 14.4. The van der Waals surface area contributed by atoms with E-state index in [1.54, 1.807) is 35.2 Å². The van der Waals surface area contributed by atoms with E-state index < -0.39 is 17.3 Å². The maximum Gasteiger partial charge on any atom is 0.349 e. The van der Waals surface area contributed by atoms with E-state index in [2.05, 4.69) is 4.98 Å². The van der Waals surface area contributed by atoms with Crippen LogP contribution in [-0.2, 0) is 13.0 Å². The summed E-state index contributed by atoms with van der Waals surface area (Å²) in [5.74, 6) is -0.816. The quantitative estimate of drug-likeness (QED) is 0.523. The van der Waals surface area contributed by atoms with Crippen molar-refractivity contribution in [2.45, 2.75) is 13.0 Å². The lowest BCUT2D eigenvalue weighted by Crippen LogP contribution is -2.44. The van der Waals surface area contributed by atoms with Gasteiger partial charge in [0.1, 0.15) is 11.4 Å². The molecule has 27 heavy (non-hydrogen) atoms. The maximum absolute atomic E-state index is 13.3. The molecule has 0 spiro atoms. The smallest absolute Gasteiger partial charge is 0.349 e. The van der Waals surface area contributed by atoms with Crippen LogP contribution in [-0.4, -0.2) is 9.38 Å². The van der Waals surface area contributed by atoms with Gasteiger partial charge in [-0.05, 0) is 35.9 Å². The van der Waals surface area contributed by atoms with Crippen LogP contribution in [0.3, 0.4) is 0 Å². The molecule has 0 aliphatic heterocycles. The Balaban J connectivity index is 1.89. The van der Waals surface area contributed by atoms with Crippen molar-refractivity contribution in [3.05, 3.63) is 94.9 Å². The van der Waals surface area contributed by atoms with Crippen molar-refractivity contribution < 1.29 is 14.1 Å². The summed E-state index contributed by atoms with van der Waals surface area (Å²) in [7, 11) is 0. The van der Waals surface area contributed by atoms with E-state index in [1.807, 2.05) is 18.2 Å². The van der Waals surface area contributed by atoms with Crippen LogP contribution < -0.4 is 15.2 Å². The second kappa shape index (κ2) is 6.99. The number of hydrogen-bond acceptors (Lipinski definition) is 3. The minimum absolute atomic E-state index is 0.0275. The summed E-state index contributed by atoms with van der Waals surface area (Å²) in [6.07, 6.45) is 3.88. The second-order valence-corrected chi connectivity index (χ2v) is 6.14. The third-order valence-corrected chi connectivity index (χ3v) is 4.46. The number of aromatic nitrogens is 3. The van der Waals surface area contributed by atoms with Crippen LogP contribution in [0.15, 0.2) is 77.9 Å². The van der Waals surface area contributed by atoms with Gasteiger partial charge in [0, 0.05) is 24.4 Å². The Hall–Kier alpha value is -3.54. The molecular weight excluding hydrogens is 345 g/mol. The standard InChI is InChI=1S/C21H16FN3O2/c22-16-9-7-15(8-10-16)19-20(26)24-13-4-2-6-18(24)25(21(19)27)14-11-17-5-1-3-12-23-17/h1-10,12-13H,11,14H2. The first kappa shape index (κ1) is 16.9. The van der Waals surface area contributed by atoms with E-state index >= 15 is 0 Å². The predicted molar refractivity (Wildman–Crippen MR) is 96.6 cm³/mol. The molecule has 5 nitrogen and oxygen atoms in total. The van der Waals surface area contributed by atoms with Gasteiger partial charge in [0.15, 0.2) is 0 Å². The van der Waals surface area contributed by atoms with Crippen LogP contribution in [0.25, 0.3) is 16.8 Å². The summed E-state index contributed by atoms with van der Waals surface area (Å²) in [5, 5.41) is 13.1. The fourth-order valence-electron chi connectivity index (χ4n) is 3.13. The summed E-state index contributed by atoms with van der Waals surface area (Å²) < 4.78 is 16.3. The molecule has 4 rings (SSSR count). The lowest BCUT2D eigenvalue weighted by molar-refractivity contribution is -0.715. The van der Waals surface area contributed by atoms with Gasteiger partial charge >= 0.3 is 5.56 Å². The van der Waals surface area contributed by atoms with Gasteiger partial charge in [-0.25, -0.2) is 13.8 Å². The van der Waals surface area contributed by atoms with Crippen molar-refractivity contribution in [1.82, 2.24) is 9.38 Å². The lowest BCUT2D eigenvalue weighted by Gasteiger charge is -2.17. The van der Waals surface area contributed by atoms with Crippen molar-refractivity contribution in [2.24, 2.45) is 0 Å². The first-order valence-corrected chi connectivity index (χ1v) is 8.55. The monoisotopic (exact) mass is 361 g/mol. The number of nitrogens with zero attached hydrogens (tertiary/aromatic N) is 3. The Morgan fingerprint density at radius 1 is 1.04 bits per heavy atom. The number of fused-ring (bicyclic) bond motifs is 1. The molecule has 0 amide bonds. The molecule has 0 bridgehead atoms. The molecule has 0 N–H and O–H groups in total. The molecular formula is C21H16FN3O2. The molecule has 0 aliphatic rings. The summed E-state index contributed by atoms with van der Waals surface area (Å²) in [6.45, 7) is 0.373. The minimum Gasteiger partial charge on any atom is -0.842 e. The molecule has 6 heteroatoms. The van der Waals surface area contributed by atoms with Crippen LogP contribution >= 0.6 is 0 Å². The van der Waals surface area contributed by atoms with E-state index in [9.17, 15) is 14.3 Å². The van der Waals surface area contributed by atoms with Crippen molar-refractivity contribution in [3.8, 4) is 17.0 Å². The summed E-state index contributed by atoms with van der Waals surface area (Å²) >= 11 is 0. The second-order valence-electron chi connectivity index (χ2n) is 6.14. The zero-order chi connectivity index (χ0) is 18.8. The first-order valence-electron chi connectivity index (χ1n) is 8.55. The van der Waals surface area contributed by atoms with Gasteiger partial charge in [0.2, 0.25) is 0 Å². The topological polar surface area (TPSA) is 61.3 Å². The summed E-state index contributed by atoms with van der Waals surface area (Å²) in [5.41, 5.74) is 1.37. The predicted octanol–water partition coefficient (Wildman–Crippen LogP) is 2.10. The van der Waals surface area contributed by atoms with E-state index in [0.717, 1.165) is 5.69 Å². The minimum atomic E-state index is -0.421. The number of halogens is 1. The van der Waals surface area contributed by atoms with Crippen LogP contribution in [0.2, 0.25) is 0 Å². The van der Waals surface area contributed by atoms with Gasteiger partial charge < -0.3 is 5.11 Å². The number of pyridine rings is 2. The van der Waals surface area contributed by atoms with Gasteiger partial charge in [-0.1, -0.05) is 24.3 Å². The zero-order valence-corrected chi connectivity index (χ0v) is 14.4. The Bertz CT molecular complexity index is 1160. The first-order chi connectivity index (χ1) is 13.1. The highest BCUT2D eigenvalue weighted by Gasteiger charge is 2.19. The molecule has 0 saturated carbocycles. The normalized spacial score (nSPS) is 11.0. The van der Waals surface area contributed by atoms with Gasteiger partial charge in [0.25, 0.3) is 5.65 Å². The Kier molecular flexibility index (Phi) is 4.38. The van der Waals surface area contributed by atoms with Gasteiger partial charge in [0.05, 0.1) is 18.6 Å². The highest BCUT2D eigenvalue weighted by Crippen LogP contribution is 2.21. The molecule has 1 aromatic carbocycles. The van der Waals surface area contributed by atoms with E-state index in [0.29, 0.717) is 24.2 Å². The Morgan fingerprint density at radius 2 is 1.81 bits per heavy atom. The number of rotatable bonds is 4. The van der Waals surface area contributed by atoms with Crippen LogP contribution in [0.1, 0.15) is 5.69 Å². The molecule has 3 heterocycles. The Labute approximate surface area is 154 Å². The fraction of sp³-hybridized carbons (Fsp3) is 0.0952. The molecule has 4 aromatic rings. The van der Waals surface area contributed by atoms with E-state index in [4.69, 9.17) is 0 Å². The largest absolute Gasteiger partial charge is 0.842 e. The lowest BCUT2D eigenvalue weighted by atomic mass is 10.1. The van der Waals surface area contributed by atoms with Gasteiger partial charge in [-0.2, -0.15) is 4.40 Å². The number of aryl methyl sites for hydroxylation is 2. The molecule has 3 aromatic heterocycles. The maximum atomic E-state index is 13.3. The van der Waals surface area contributed by atoms with Crippen molar-refractivity contribution >= 4 is 5.65 Å². The average Bonchev–Trinajstić information content (AvgIpc) is 2.70. The van der Waals surface area contributed by atoms with Crippen molar-refractivity contribution in [2.75, 3.05) is 0 Å². The third kappa shape index (κ3) is 3.17. The SMILES string of the molecule is O=c1c(-c2ccc(F)cc2)c([O-])[n+](CCc2ccccn2)c2ccccn12. The van der Waals surface area contributed by atoms with Crippen molar-refractivity contribution in [3.63, 3.8) is 0 Å². The average molecular weight is 361 g/mol. The summed E-state index contributed by atoms with van der Waals surface area (Å²) in [4.78, 5) is 17.2. The highest BCUT2D eigenvalue weighted by atomic mass is 19.1. The molecule has 0 unspecified atom stereocenters. The van der Waals surface area contributed by atoms with Gasteiger partial charge in [-0.15, -0.1) is 0 Å². The molecule has 0 aliphatic carbocycles. The number of benzene rings is 1. The molecule has 134 valence electrons. The Morgan fingerprint density at radius 3 is 2.56 bits per heavy atom. The fourth-order valence-corrected chi connectivity index (χ4v) is 3.13. The summed E-state index contributed by atoms with van der Waals surface area (Å²) in [6, 6.07) is 16.2. The molecule has 0 radical (unpaired) electrons. The molecule has 0 saturated heterocycles. The van der Waals surface area contributed by atoms with Crippen LogP contribution in [0.4, 0.5) is 4.39 Å². The van der Waals surface area contributed by atoms with Gasteiger partial charge in [-0.3, -0.25) is 4.98 Å². The van der Waals surface area contributed by atoms with Crippen LogP contribution in [0.5, 0.6) is 5.88 Å². The highest BCUT2D eigenvalue weighted by molar-refractivity contribution is 5.66. The molecule has 0 atom stereocenters. The van der Waals surface area contributed by atoms with E-state index in [1.165, 1.54) is 28.7 Å². The number of hydrogen-bond donors (Lipinski definition) is 0.